The van der Waals surface area contributed by atoms with Gasteiger partial charge in [-0.05, 0) is 18.6 Å². The number of hydrogen-bond acceptors (Lipinski definition) is 4. The van der Waals surface area contributed by atoms with Crippen LogP contribution in [0.1, 0.15) is 26.2 Å². The van der Waals surface area contributed by atoms with Crippen LogP contribution in [0.2, 0.25) is 0 Å². The fourth-order valence-corrected chi connectivity index (χ4v) is 1.80. The van der Waals surface area contributed by atoms with Crippen LogP contribution < -0.4 is 10.6 Å². The number of hydrogen-bond donors (Lipinski definition) is 4. The number of carbonyl (C=O) groups is 1. The maximum absolute atomic E-state index is 12.9. The molecule has 0 bridgehead atoms. The molecule has 20 heavy (non-hydrogen) atoms. The number of nitrogens with zero attached hydrogens (tertiary/aromatic N) is 1. The summed E-state index contributed by atoms with van der Waals surface area (Å²) >= 11 is 0. The number of aliphatic hydroxyl groups excluding tert-OH is 1. The maximum atomic E-state index is 12.9. The van der Waals surface area contributed by atoms with Crippen LogP contribution in [0, 0.1) is 5.95 Å². The van der Waals surface area contributed by atoms with Crippen molar-refractivity contribution in [2.75, 3.05) is 11.9 Å². The standard InChI is InChI=1S/C13H20FN3O3/c1-2-3-5-9(16-13(19)20)10(18)8-15-12-7-4-6-11(14)17-12/h4,6-7,9-10,16,18H,2-3,5,8H2,1H3,(H,15,17)(H,19,20)/t9-,10+/m0/s1. The van der Waals surface area contributed by atoms with Gasteiger partial charge in [0.15, 0.2) is 0 Å². The van der Waals surface area contributed by atoms with Gasteiger partial charge in [-0.15, -0.1) is 0 Å². The predicted molar refractivity (Wildman–Crippen MR) is 73.2 cm³/mol. The smallest absolute Gasteiger partial charge is 0.404 e. The Labute approximate surface area is 117 Å². The Balaban J connectivity index is 2.51. The van der Waals surface area contributed by atoms with Crippen molar-refractivity contribution >= 4 is 11.9 Å². The van der Waals surface area contributed by atoms with E-state index in [2.05, 4.69) is 15.6 Å². The first-order valence-electron chi connectivity index (χ1n) is 6.57. The number of halogens is 1. The van der Waals surface area contributed by atoms with E-state index < -0.39 is 24.2 Å². The van der Waals surface area contributed by atoms with Gasteiger partial charge in [-0.3, -0.25) is 0 Å². The molecule has 0 unspecified atom stereocenters. The van der Waals surface area contributed by atoms with Crippen molar-refractivity contribution in [2.24, 2.45) is 0 Å². The first-order chi connectivity index (χ1) is 9.52. The van der Waals surface area contributed by atoms with Gasteiger partial charge in [0.2, 0.25) is 5.95 Å². The molecule has 1 aromatic heterocycles. The highest BCUT2D eigenvalue weighted by atomic mass is 19.1. The number of pyridine rings is 1. The number of aromatic nitrogens is 1. The van der Waals surface area contributed by atoms with Gasteiger partial charge < -0.3 is 20.8 Å². The highest BCUT2D eigenvalue weighted by Crippen LogP contribution is 2.08. The Hall–Kier alpha value is -1.89. The van der Waals surface area contributed by atoms with Gasteiger partial charge in [-0.25, -0.2) is 9.78 Å². The fraction of sp³-hybridized carbons (Fsp3) is 0.538. The van der Waals surface area contributed by atoms with E-state index in [1.165, 1.54) is 12.1 Å². The highest BCUT2D eigenvalue weighted by Gasteiger charge is 2.20. The van der Waals surface area contributed by atoms with Crippen LogP contribution in [0.4, 0.5) is 15.0 Å². The van der Waals surface area contributed by atoms with Crippen LogP contribution in [0.5, 0.6) is 0 Å². The summed E-state index contributed by atoms with van der Waals surface area (Å²) < 4.78 is 12.9. The number of carboxylic acid groups (broad SMARTS) is 1. The predicted octanol–water partition coefficient (Wildman–Crippen LogP) is 1.82. The van der Waals surface area contributed by atoms with Crippen LogP contribution in [-0.4, -0.2) is 40.0 Å². The summed E-state index contributed by atoms with van der Waals surface area (Å²) in [5.41, 5.74) is 0. The molecule has 6 nitrogen and oxygen atoms in total. The van der Waals surface area contributed by atoms with E-state index in [4.69, 9.17) is 5.11 Å². The zero-order valence-electron chi connectivity index (χ0n) is 11.3. The molecule has 1 heterocycles. The molecule has 2 atom stereocenters. The zero-order valence-corrected chi connectivity index (χ0v) is 11.3. The van der Waals surface area contributed by atoms with E-state index in [9.17, 15) is 14.3 Å². The van der Waals surface area contributed by atoms with E-state index in [-0.39, 0.29) is 6.54 Å². The lowest BCUT2D eigenvalue weighted by Crippen LogP contribution is -2.45. The van der Waals surface area contributed by atoms with Gasteiger partial charge in [0.05, 0.1) is 12.1 Å². The van der Waals surface area contributed by atoms with Gasteiger partial charge in [0.1, 0.15) is 5.82 Å². The van der Waals surface area contributed by atoms with E-state index in [0.717, 1.165) is 12.8 Å². The van der Waals surface area contributed by atoms with Crippen molar-refractivity contribution in [3.05, 3.63) is 24.1 Å². The molecule has 0 aliphatic carbocycles. The van der Waals surface area contributed by atoms with E-state index in [1.807, 2.05) is 6.92 Å². The lowest BCUT2D eigenvalue weighted by Gasteiger charge is -2.23. The van der Waals surface area contributed by atoms with Gasteiger partial charge in [0.25, 0.3) is 0 Å². The molecular weight excluding hydrogens is 265 g/mol. The maximum Gasteiger partial charge on any atom is 0.404 e. The molecule has 1 amide bonds. The number of nitrogens with one attached hydrogen (secondary N) is 2. The minimum Gasteiger partial charge on any atom is -0.465 e. The van der Waals surface area contributed by atoms with Crippen molar-refractivity contribution in [1.29, 1.82) is 0 Å². The molecule has 0 saturated carbocycles. The van der Waals surface area contributed by atoms with Gasteiger partial charge in [0, 0.05) is 6.54 Å². The third-order valence-electron chi connectivity index (χ3n) is 2.85. The quantitative estimate of drug-likeness (QED) is 0.547. The molecule has 0 saturated heterocycles. The SMILES string of the molecule is CCCC[C@H](NC(=O)O)[C@H](O)CNc1cccc(F)n1. The molecule has 0 spiro atoms. The molecule has 112 valence electrons. The van der Waals surface area contributed by atoms with Crippen molar-refractivity contribution in [2.45, 2.75) is 38.3 Å². The third-order valence-corrected chi connectivity index (χ3v) is 2.85. The summed E-state index contributed by atoms with van der Waals surface area (Å²) in [4.78, 5) is 14.3. The monoisotopic (exact) mass is 285 g/mol. The third kappa shape index (κ3) is 5.83. The van der Waals surface area contributed by atoms with Gasteiger partial charge in [-0.1, -0.05) is 25.8 Å². The summed E-state index contributed by atoms with van der Waals surface area (Å²) in [5, 5.41) is 23.8. The minimum absolute atomic E-state index is 0.0884. The molecule has 0 aliphatic heterocycles. The van der Waals surface area contributed by atoms with E-state index in [1.54, 1.807) is 6.07 Å². The van der Waals surface area contributed by atoms with E-state index >= 15 is 0 Å². The van der Waals surface area contributed by atoms with Crippen molar-refractivity contribution in [3.63, 3.8) is 0 Å². The topological polar surface area (TPSA) is 94.5 Å². The fourth-order valence-electron chi connectivity index (χ4n) is 1.80. The highest BCUT2D eigenvalue weighted by molar-refractivity contribution is 5.64. The van der Waals surface area contributed by atoms with Crippen LogP contribution in [0.15, 0.2) is 18.2 Å². The molecule has 0 radical (unpaired) electrons. The Morgan fingerprint density at radius 1 is 1.50 bits per heavy atom. The minimum atomic E-state index is -1.17. The summed E-state index contributed by atoms with van der Waals surface area (Å²) in [7, 11) is 0. The molecule has 1 rings (SSSR count). The first-order valence-corrected chi connectivity index (χ1v) is 6.57. The average molecular weight is 285 g/mol. The average Bonchev–Trinajstić information content (AvgIpc) is 2.40. The summed E-state index contributed by atoms with van der Waals surface area (Å²) in [5.74, 6) is -0.315. The largest absolute Gasteiger partial charge is 0.465 e. The van der Waals surface area contributed by atoms with E-state index in [0.29, 0.717) is 12.2 Å². The molecule has 1 aromatic rings. The van der Waals surface area contributed by atoms with Gasteiger partial charge >= 0.3 is 6.09 Å². The molecular formula is C13H20FN3O3. The van der Waals surface area contributed by atoms with Crippen LogP contribution in [0.3, 0.4) is 0 Å². The summed E-state index contributed by atoms with van der Waals surface area (Å²) in [6.07, 6.45) is 0.169. The number of rotatable bonds is 8. The van der Waals surface area contributed by atoms with Crippen molar-refractivity contribution in [3.8, 4) is 0 Å². The molecule has 0 fully saturated rings. The second kappa shape index (κ2) is 8.31. The molecule has 4 N–H and O–H groups in total. The summed E-state index contributed by atoms with van der Waals surface area (Å²) in [6, 6.07) is 3.73. The lowest BCUT2D eigenvalue weighted by atomic mass is 10.0. The van der Waals surface area contributed by atoms with Gasteiger partial charge in [-0.2, -0.15) is 4.39 Å². The second-order valence-electron chi connectivity index (χ2n) is 4.49. The molecule has 0 aromatic carbocycles. The van der Waals surface area contributed by atoms with Crippen LogP contribution >= 0.6 is 0 Å². The Morgan fingerprint density at radius 2 is 2.25 bits per heavy atom. The lowest BCUT2D eigenvalue weighted by molar-refractivity contribution is 0.123. The Bertz CT molecular complexity index is 431. The number of aliphatic hydroxyl groups is 1. The van der Waals surface area contributed by atoms with Crippen LogP contribution in [0.25, 0.3) is 0 Å². The number of amides is 1. The Morgan fingerprint density at radius 3 is 2.85 bits per heavy atom. The molecule has 0 aliphatic rings. The van der Waals surface area contributed by atoms with Crippen molar-refractivity contribution < 1.29 is 19.4 Å². The number of unbranched alkanes of at least 4 members (excludes halogenated alkanes) is 1. The molecule has 7 heteroatoms. The second-order valence-corrected chi connectivity index (χ2v) is 4.49. The normalized spacial score (nSPS) is 13.6. The van der Waals surface area contributed by atoms with Crippen molar-refractivity contribution in [1.82, 2.24) is 10.3 Å². The van der Waals surface area contributed by atoms with Crippen LogP contribution in [-0.2, 0) is 0 Å². The Kier molecular flexibility index (Phi) is 6.72. The zero-order chi connectivity index (χ0) is 15.0. The first kappa shape index (κ1) is 16.2. The number of anilines is 1. The summed E-state index contributed by atoms with van der Waals surface area (Å²) in [6.45, 7) is 2.07.